The maximum Gasteiger partial charge on any atom is 0.338 e. The van der Waals surface area contributed by atoms with E-state index in [1.807, 2.05) is 68.4 Å². The summed E-state index contributed by atoms with van der Waals surface area (Å²) in [5.74, 6) is -0.298. The van der Waals surface area contributed by atoms with Gasteiger partial charge in [0.15, 0.2) is 5.78 Å². The third-order valence-electron chi connectivity index (χ3n) is 4.51. The van der Waals surface area contributed by atoms with Gasteiger partial charge in [-0.15, -0.1) is 11.8 Å². The van der Waals surface area contributed by atoms with Crippen molar-refractivity contribution in [3.63, 3.8) is 0 Å². The molecule has 0 aromatic heterocycles. The molecule has 0 radical (unpaired) electrons. The highest BCUT2D eigenvalue weighted by Gasteiger charge is 2.33. The van der Waals surface area contributed by atoms with Crippen molar-refractivity contribution < 1.29 is 14.3 Å². The van der Waals surface area contributed by atoms with Crippen LogP contribution in [0.2, 0.25) is 0 Å². The second kappa shape index (κ2) is 8.41. The highest BCUT2D eigenvalue weighted by Crippen LogP contribution is 2.27. The van der Waals surface area contributed by atoms with Crippen molar-refractivity contribution in [2.75, 3.05) is 24.8 Å². The normalized spacial score (nSPS) is 11.1. The van der Waals surface area contributed by atoms with Crippen LogP contribution in [0.4, 0.5) is 5.69 Å². The summed E-state index contributed by atoms with van der Waals surface area (Å²) in [7, 11) is 1.88. The zero-order valence-corrected chi connectivity index (χ0v) is 16.7. The van der Waals surface area contributed by atoms with Crippen LogP contribution in [0.15, 0.2) is 53.4 Å². The summed E-state index contributed by atoms with van der Waals surface area (Å²) >= 11 is 1.65. The molecule has 2 aromatic carbocycles. The van der Waals surface area contributed by atoms with Crippen LogP contribution in [0.25, 0.3) is 0 Å². The first kappa shape index (κ1) is 20.0. The third-order valence-corrected chi connectivity index (χ3v) is 5.26. The van der Waals surface area contributed by atoms with E-state index in [1.54, 1.807) is 30.8 Å². The minimum atomic E-state index is -0.730. The Morgan fingerprint density at radius 2 is 1.54 bits per heavy atom. The van der Waals surface area contributed by atoms with Crippen molar-refractivity contribution in [3.05, 3.63) is 59.7 Å². The number of benzene rings is 2. The van der Waals surface area contributed by atoms with Gasteiger partial charge >= 0.3 is 5.97 Å². The molecular weight excluding hydrogens is 346 g/mol. The first-order chi connectivity index (χ1) is 12.3. The molecule has 0 fully saturated rings. The average molecular weight is 372 g/mol. The summed E-state index contributed by atoms with van der Waals surface area (Å²) in [5.41, 5.74) is 1.31. The van der Waals surface area contributed by atoms with Gasteiger partial charge in [-0.2, -0.15) is 0 Å². The van der Waals surface area contributed by atoms with E-state index in [4.69, 9.17) is 4.74 Å². The third kappa shape index (κ3) is 4.28. The molecule has 0 unspecified atom stereocenters. The van der Waals surface area contributed by atoms with Gasteiger partial charge in [0, 0.05) is 23.2 Å². The number of carbonyl (C=O) groups is 2. The molecule has 0 saturated heterocycles. The molecule has 2 aromatic rings. The van der Waals surface area contributed by atoms with Gasteiger partial charge in [-0.3, -0.25) is 4.79 Å². The zero-order chi connectivity index (χ0) is 19.3. The number of ketones is 1. The lowest BCUT2D eigenvalue weighted by atomic mass is 9.91. The minimum absolute atomic E-state index is 0.0436. The number of ether oxygens (including phenoxy) is 1. The summed E-state index contributed by atoms with van der Waals surface area (Å²) in [6.45, 7) is 5.92. The fourth-order valence-electron chi connectivity index (χ4n) is 2.61. The van der Waals surface area contributed by atoms with E-state index < -0.39 is 5.54 Å². The van der Waals surface area contributed by atoms with Crippen molar-refractivity contribution in [1.29, 1.82) is 0 Å². The van der Waals surface area contributed by atoms with Crippen LogP contribution in [0, 0.1) is 0 Å². The molecule has 0 aliphatic heterocycles. The van der Waals surface area contributed by atoms with Gasteiger partial charge in [0.25, 0.3) is 0 Å². The van der Waals surface area contributed by atoms with Crippen LogP contribution in [-0.4, -0.2) is 37.2 Å². The second-order valence-corrected chi connectivity index (χ2v) is 7.32. The Kier molecular flexibility index (Phi) is 6.48. The van der Waals surface area contributed by atoms with E-state index in [0.717, 1.165) is 10.6 Å². The van der Waals surface area contributed by atoms with E-state index in [2.05, 4.69) is 0 Å². The Hall–Kier alpha value is -2.27. The molecule has 0 atom stereocenters. The largest absolute Gasteiger partial charge is 0.462 e. The molecule has 0 amide bonds. The number of thioether (sulfide) groups is 1. The van der Waals surface area contributed by atoms with Gasteiger partial charge in [0.2, 0.25) is 0 Å². The van der Waals surface area contributed by atoms with Crippen LogP contribution in [0.5, 0.6) is 0 Å². The molecule has 5 heteroatoms. The molecule has 0 spiro atoms. The Morgan fingerprint density at radius 1 is 1.00 bits per heavy atom. The van der Waals surface area contributed by atoms with Gasteiger partial charge < -0.3 is 9.64 Å². The molecule has 0 aliphatic rings. The Labute approximate surface area is 159 Å². The van der Waals surface area contributed by atoms with E-state index in [9.17, 15) is 9.59 Å². The summed E-state index contributed by atoms with van der Waals surface area (Å²) in [6, 6.07) is 14.8. The number of esters is 1. The van der Waals surface area contributed by atoms with Crippen LogP contribution in [-0.2, 0) is 4.74 Å². The van der Waals surface area contributed by atoms with Gasteiger partial charge in [0.05, 0.1) is 17.7 Å². The van der Waals surface area contributed by atoms with Crippen molar-refractivity contribution in [1.82, 2.24) is 0 Å². The standard InChI is InChI=1S/C21H25NO3S/c1-6-25-20(24)16-7-11-17(12-8-16)22(4)21(2,3)19(23)15-9-13-18(26-5)14-10-15/h7-14H,6H2,1-5H3. The first-order valence-electron chi connectivity index (χ1n) is 8.51. The maximum atomic E-state index is 13.0. The number of hydrogen-bond donors (Lipinski definition) is 0. The highest BCUT2D eigenvalue weighted by atomic mass is 32.2. The van der Waals surface area contributed by atoms with Crippen LogP contribution < -0.4 is 4.90 Å². The Morgan fingerprint density at radius 3 is 2.04 bits per heavy atom. The van der Waals surface area contributed by atoms with E-state index in [-0.39, 0.29) is 11.8 Å². The lowest BCUT2D eigenvalue weighted by molar-refractivity contribution is 0.0526. The lowest BCUT2D eigenvalue weighted by Crippen LogP contribution is -2.48. The number of rotatable bonds is 7. The predicted molar refractivity (Wildman–Crippen MR) is 107 cm³/mol. The van der Waals surface area contributed by atoms with Crippen molar-refractivity contribution in [2.45, 2.75) is 31.2 Å². The van der Waals surface area contributed by atoms with E-state index >= 15 is 0 Å². The molecule has 4 nitrogen and oxygen atoms in total. The second-order valence-electron chi connectivity index (χ2n) is 6.44. The molecule has 0 N–H and O–H groups in total. The number of likely N-dealkylation sites (N-methyl/N-ethyl adjacent to an activating group) is 1. The summed E-state index contributed by atoms with van der Waals surface area (Å²) in [6.07, 6.45) is 2.01. The van der Waals surface area contributed by atoms with Gasteiger partial charge in [-0.25, -0.2) is 4.79 Å². The maximum absolute atomic E-state index is 13.0. The fraction of sp³-hybridized carbons (Fsp3) is 0.333. The first-order valence-corrected chi connectivity index (χ1v) is 9.73. The molecule has 138 valence electrons. The summed E-state index contributed by atoms with van der Waals surface area (Å²) in [4.78, 5) is 27.8. The van der Waals surface area contributed by atoms with Crippen molar-refractivity contribution in [3.8, 4) is 0 Å². The number of carbonyl (C=O) groups excluding carboxylic acids is 2. The Balaban J connectivity index is 2.21. The van der Waals surface area contributed by atoms with Crippen LogP contribution in [0.3, 0.4) is 0 Å². The highest BCUT2D eigenvalue weighted by molar-refractivity contribution is 7.98. The molecule has 0 aliphatic carbocycles. The lowest BCUT2D eigenvalue weighted by Gasteiger charge is -2.36. The number of nitrogens with zero attached hydrogens (tertiary/aromatic N) is 1. The quantitative estimate of drug-likeness (QED) is 0.402. The average Bonchev–Trinajstić information content (AvgIpc) is 2.67. The summed E-state index contributed by atoms with van der Waals surface area (Å²) in [5, 5.41) is 0. The predicted octanol–water partition coefficient (Wildman–Crippen LogP) is 4.68. The SMILES string of the molecule is CCOC(=O)c1ccc(N(C)C(C)(C)C(=O)c2ccc(SC)cc2)cc1. The van der Waals surface area contributed by atoms with Gasteiger partial charge in [0.1, 0.15) is 0 Å². The van der Waals surface area contributed by atoms with Crippen LogP contribution in [0.1, 0.15) is 41.5 Å². The van der Waals surface area contributed by atoms with Crippen molar-refractivity contribution >= 4 is 29.2 Å². The van der Waals surface area contributed by atoms with Gasteiger partial charge in [-0.05, 0) is 63.4 Å². The number of hydrogen-bond acceptors (Lipinski definition) is 5. The van der Waals surface area contributed by atoms with E-state index in [0.29, 0.717) is 17.7 Å². The topological polar surface area (TPSA) is 46.6 Å². The molecular formula is C21H25NO3S. The molecule has 2 rings (SSSR count). The monoisotopic (exact) mass is 371 g/mol. The molecule has 0 saturated carbocycles. The smallest absolute Gasteiger partial charge is 0.338 e. The molecule has 0 heterocycles. The Bertz CT molecular complexity index is 767. The van der Waals surface area contributed by atoms with Crippen LogP contribution >= 0.6 is 11.8 Å². The van der Waals surface area contributed by atoms with E-state index in [1.165, 1.54) is 0 Å². The fourth-order valence-corrected chi connectivity index (χ4v) is 3.01. The molecule has 26 heavy (non-hydrogen) atoms. The summed E-state index contributed by atoms with van der Waals surface area (Å²) < 4.78 is 5.00. The minimum Gasteiger partial charge on any atom is -0.462 e. The molecule has 0 bridgehead atoms. The van der Waals surface area contributed by atoms with Gasteiger partial charge in [-0.1, -0.05) is 12.1 Å². The number of anilines is 1. The number of Topliss-reactive ketones (excluding diaryl/α,β-unsaturated/α-hetero) is 1. The van der Waals surface area contributed by atoms with Crippen molar-refractivity contribution in [2.24, 2.45) is 0 Å². The zero-order valence-electron chi connectivity index (χ0n) is 15.9.